The largest absolute Gasteiger partial charge is 0.388 e. The summed E-state index contributed by atoms with van der Waals surface area (Å²) in [6, 6.07) is 4.81. The van der Waals surface area contributed by atoms with E-state index in [4.69, 9.17) is 9.68 Å². The van der Waals surface area contributed by atoms with Gasteiger partial charge in [0.15, 0.2) is 0 Å². The smallest absolute Gasteiger partial charge is 0.274 e. The summed E-state index contributed by atoms with van der Waals surface area (Å²) in [5.41, 5.74) is 5.74. The fraction of sp³-hybridized carbons (Fsp3) is 0.679. The molecular formula is C28H46N4O8. The van der Waals surface area contributed by atoms with Crippen LogP contribution in [0.15, 0.2) is 18.2 Å². The Balaban J connectivity index is 1.75. The Labute approximate surface area is 236 Å². The number of piperidine rings is 1. The van der Waals surface area contributed by atoms with E-state index in [1.54, 1.807) is 24.0 Å². The quantitative estimate of drug-likeness (QED) is 0.150. The lowest BCUT2D eigenvalue weighted by Crippen LogP contribution is -2.44. The number of rotatable bonds is 17. The van der Waals surface area contributed by atoms with Gasteiger partial charge < -0.3 is 25.5 Å². The minimum Gasteiger partial charge on any atom is -0.388 e. The zero-order chi connectivity index (χ0) is 29.5. The molecule has 0 saturated carbocycles. The van der Waals surface area contributed by atoms with Crippen LogP contribution in [-0.4, -0.2) is 95.6 Å². The molecule has 12 heteroatoms. The Kier molecular flexibility index (Phi) is 15.1. The fourth-order valence-electron chi connectivity index (χ4n) is 4.54. The zero-order valence-electron chi connectivity index (χ0n) is 23.9. The van der Waals surface area contributed by atoms with Crippen LogP contribution in [0, 0.1) is 12.8 Å². The van der Waals surface area contributed by atoms with Crippen LogP contribution in [0.3, 0.4) is 0 Å². The molecule has 1 aromatic rings. The number of hydroxylamine groups is 2. The first-order valence-electron chi connectivity index (χ1n) is 14.1. The molecule has 0 radical (unpaired) electrons. The summed E-state index contributed by atoms with van der Waals surface area (Å²) in [4.78, 5) is 49.3. The Bertz CT molecular complexity index is 935. The first kappa shape index (κ1) is 33.6. The molecular weight excluding hydrogens is 520 g/mol. The predicted molar refractivity (Wildman–Crippen MR) is 148 cm³/mol. The summed E-state index contributed by atoms with van der Waals surface area (Å²) in [5, 5.41) is 33.7. The van der Waals surface area contributed by atoms with E-state index in [0.29, 0.717) is 24.6 Å². The minimum absolute atomic E-state index is 0.158. The summed E-state index contributed by atoms with van der Waals surface area (Å²) in [7, 11) is 0. The van der Waals surface area contributed by atoms with Gasteiger partial charge in [-0.15, -0.1) is 0 Å². The molecule has 0 aliphatic carbocycles. The average Bonchev–Trinajstić information content (AvgIpc) is 2.95. The topological polar surface area (TPSA) is 170 Å². The molecule has 4 atom stereocenters. The van der Waals surface area contributed by atoms with Crippen LogP contribution in [0.5, 0.6) is 0 Å². The van der Waals surface area contributed by atoms with Crippen LogP contribution in [-0.2, 0) is 14.5 Å². The molecule has 1 aliphatic rings. The van der Waals surface area contributed by atoms with E-state index < -0.39 is 37.4 Å². The second-order valence-electron chi connectivity index (χ2n) is 10.3. The fourth-order valence-corrected chi connectivity index (χ4v) is 4.54. The summed E-state index contributed by atoms with van der Waals surface area (Å²) >= 11 is 0. The second-order valence-corrected chi connectivity index (χ2v) is 10.3. The van der Waals surface area contributed by atoms with Crippen LogP contribution >= 0.6 is 0 Å². The van der Waals surface area contributed by atoms with Crippen molar-refractivity contribution in [3.8, 4) is 0 Å². The maximum atomic E-state index is 12.9. The number of nitrogens with one attached hydrogen (secondary N) is 3. The molecule has 2 unspecified atom stereocenters. The van der Waals surface area contributed by atoms with Crippen LogP contribution in [0.25, 0.3) is 0 Å². The van der Waals surface area contributed by atoms with Gasteiger partial charge in [0, 0.05) is 30.6 Å². The van der Waals surface area contributed by atoms with Gasteiger partial charge in [0.25, 0.3) is 11.8 Å². The second kappa shape index (κ2) is 17.9. The van der Waals surface area contributed by atoms with Gasteiger partial charge in [0.1, 0.15) is 31.5 Å². The average molecular weight is 567 g/mol. The third-order valence-electron chi connectivity index (χ3n) is 6.69. The number of aliphatic hydroxyl groups excluding tert-OH is 3. The Hall–Kier alpha value is -2.61. The molecule has 12 nitrogen and oxygen atoms in total. The molecule has 0 spiro atoms. The number of carbonyl (C=O) groups excluding carboxylic acids is 3. The van der Waals surface area contributed by atoms with E-state index in [9.17, 15) is 29.7 Å². The minimum atomic E-state index is -1.66. The molecule has 1 saturated heterocycles. The molecule has 6 N–H and O–H groups in total. The van der Waals surface area contributed by atoms with Crippen molar-refractivity contribution in [1.82, 2.24) is 21.2 Å². The number of amides is 3. The number of carbonyl (C=O) groups is 3. The van der Waals surface area contributed by atoms with Crippen LogP contribution in [0.1, 0.15) is 78.7 Å². The van der Waals surface area contributed by atoms with Gasteiger partial charge in [-0.25, -0.2) is 11.0 Å². The Morgan fingerprint density at radius 3 is 2.23 bits per heavy atom. The van der Waals surface area contributed by atoms with Crippen LogP contribution in [0.2, 0.25) is 0 Å². The van der Waals surface area contributed by atoms with Gasteiger partial charge >= 0.3 is 0 Å². The maximum absolute atomic E-state index is 12.9. The molecule has 3 amide bonds. The van der Waals surface area contributed by atoms with Crippen molar-refractivity contribution >= 4 is 17.7 Å². The van der Waals surface area contributed by atoms with E-state index in [2.05, 4.69) is 16.3 Å². The highest BCUT2D eigenvalue weighted by atomic mass is 16.7. The number of hydrogen-bond acceptors (Lipinski definition) is 9. The van der Waals surface area contributed by atoms with Gasteiger partial charge in [0.2, 0.25) is 5.91 Å². The summed E-state index contributed by atoms with van der Waals surface area (Å²) < 4.78 is 0. The van der Waals surface area contributed by atoms with E-state index in [1.165, 1.54) is 6.07 Å². The standard InChI is InChI=1S/C28H46N4O8/c1-4-11-32(12-5-2)28(38)22-14-19(3)13-21(15-22)27(37)31-40-18-24(34)26(36)23(33)17-39-30-25(35)9-8-20-7-6-10-29-16-20/h13-15,20,23-24,26,29,33-34,36H,4-12,16-18H2,1-3H3,(H,30,35)(H,31,37)/t20?,23?,24-,26+/m0/s1. The Morgan fingerprint density at radius 1 is 1.00 bits per heavy atom. The van der Waals surface area contributed by atoms with Crippen molar-refractivity contribution in [2.24, 2.45) is 5.92 Å². The van der Waals surface area contributed by atoms with Crippen LogP contribution < -0.4 is 16.3 Å². The number of benzene rings is 1. The van der Waals surface area contributed by atoms with Gasteiger partial charge in [0.05, 0.1) is 0 Å². The molecule has 226 valence electrons. The molecule has 0 bridgehead atoms. The first-order valence-corrected chi connectivity index (χ1v) is 14.1. The molecule has 0 aromatic heterocycles. The van der Waals surface area contributed by atoms with Gasteiger partial charge in [-0.3, -0.25) is 24.1 Å². The van der Waals surface area contributed by atoms with E-state index in [0.717, 1.165) is 50.8 Å². The SMILES string of the molecule is CCCN(CCC)C(=O)c1cc(C)cc(C(=O)NOC[C@H](O)[C@H](O)C(O)CONC(=O)CCC2CCCNC2)c1. The molecule has 1 fully saturated rings. The van der Waals surface area contributed by atoms with E-state index >= 15 is 0 Å². The monoisotopic (exact) mass is 566 g/mol. The third kappa shape index (κ3) is 11.5. The Morgan fingerprint density at radius 2 is 1.62 bits per heavy atom. The van der Waals surface area contributed by atoms with Crippen molar-refractivity contribution in [3.63, 3.8) is 0 Å². The van der Waals surface area contributed by atoms with Crippen molar-refractivity contribution < 1.29 is 39.4 Å². The summed E-state index contributed by atoms with van der Waals surface area (Å²) in [6.07, 6.45) is 0.0910. The van der Waals surface area contributed by atoms with Gasteiger partial charge in [-0.2, -0.15) is 0 Å². The maximum Gasteiger partial charge on any atom is 0.274 e. The normalized spacial score (nSPS) is 17.5. The zero-order valence-corrected chi connectivity index (χ0v) is 23.9. The van der Waals surface area contributed by atoms with Gasteiger partial charge in [-0.05, 0) is 81.8 Å². The highest BCUT2D eigenvalue weighted by Gasteiger charge is 2.26. The van der Waals surface area contributed by atoms with Crippen molar-refractivity contribution in [1.29, 1.82) is 0 Å². The third-order valence-corrected chi connectivity index (χ3v) is 6.69. The summed E-state index contributed by atoms with van der Waals surface area (Å²) in [5.74, 6) is -0.675. The predicted octanol–water partition coefficient (Wildman–Crippen LogP) is 0.829. The number of nitrogens with zero attached hydrogens (tertiary/aromatic N) is 1. The molecule has 40 heavy (non-hydrogen) atoms. The lowest BCUT2D eigenvalue weighted by atomic mass is 9.95. The molecule has 1 aromatic carbocycles. The van der Waals surface area contributed by atoms with Crippen molar-refractivity contribution in [2.75, 3.05) is 39.4 Å². The van der Waals surface area contributed by atoms with Crippen molar-refractivity contribution in [2.45, 2.75) is 77.6 Å². The number of aliphatic hydroxyl groups is 3. The first-order chi connectivity index (χ1) is 19.2. The van der Waals surface area contributed by atoms with Crippen molar-refractivity contribution in [3.05, 3.63) is 34.9 Å². The number of hydrogen-bond donors (Lipinski definition) is 6. The lowest BCUT2D eigenvalue weighted by molar-refractivity contribution is -0.145. The highest BCUT2D eigenvalue weighted by Crippen LogP contribution is 2.16. The van der Waals surface area contributed by atoms with Crippen LogP contribution in [0.4, 0.5) is 0 Å². The molecule has 2 rings (SSSR count). The molecule has 1 aliphatic heterocycles. The van der Waals surface area contributed by atoms with E-state index in [1.807, 2.05) is 13.8 Å². The molecule has 1 heterocycles. The number of aryl methyl sites for hydroxylation is 1. The van der Waals surface area contributed by atoms with E-state index in [-0.39, 0.29) is 23.8 Å². The van der Waals surface area contributed by atoms with Gasteiger partial charge in [-0.1, -0.05) is 13.8 Å². The summed E-state index contributed by atoms with van der Waals surface area (Å²) in [6.45, 7) is 7.92. The highest BCUT2D eigenvalue weighted by molar-refractivity contribution is 5.99. The lowest BCUT2D eigenvalue weighted by Gasteiger charge is -2.23.